The van der Waals surface area contributed by atoms with Crippen molar-refractivity contribution in [2.24, 2.45) is 0 Å². The molecule has 3 nitrogen and oxygen atoms in total. The second-order valence-corrected chi connectivity index (χ2v) is 3.43. The summed E-state index contributed by atoms with van der Waals surface area (Å²) in [6.45, 7) is 9.35. The van der Waals surface area contributed by atoms with Crippen molar-refractivity contribution in [3.63, 3.8) is 0 Å². The Bertz CT molecular complexity index is 231. The summed E-state index contributed by atoms with van der Waals surface area (Å²) < 4.78 is 1.93. The van der Waals surface area contributed by atoms with E-state index >= 15 is 0 Å². The van der Waals surface area contributed by atoms with Crippen LogP contribution in [0.1, 0.15) is 59.1 Å². The van der Waals surface area contributed by atoms with Crippen molar-refractivity contribution in [1.82, 2.24) is 15.0 Å². The number of hydrogen-bond acceptors (Lipinski definition) is 2. The standard InChI is InChI=1S/C10H19N3.C2H6/c1-3-5-6-7-10-9-13(8-4-2)12-11-10;1-2/h9H,3-8H2,1-2H3;1-2H3. The van der Waals surface area contributed by atoms with Gasteiger partial charge >= 0.3 is 0 Å². The van der Waals surface area contributed by atoms with Gasteiger partial charge in [0.15, 0.2) is 0 Å². The van der Waals surface area contributed by atoms with Gasteiger partial charge in [-0.3, -0.25) is 4.68 Å². The molecule has 0 radical (unpaired) electrons. The summed E-state index contributed by atoms with van der Waals surface area (Å²) in [6, 6.07) is 0. The molecule has 0 spiro atoms. The summed E-state index contributed by atoms with van der Waals surface area (Å²) in [7, 11) is 0. The van der Waals surface area contributed by atoms with Crippen molar-refractivity contribution >= 4 is 0 Å². The minimum absolute atomic E-state index is 0.987. The Morgan fingerprint density at radius 3 is 2.47 bits per heavy atom. The zero-order chi connectivity index (χ0) is 11.5. The first-order valence-corrected chi connectivity index (χ1v) is 6.25. The number of rotatable bonds is 6. The molecule has 1 aromatic rings. The van der Waals surface area contributed by atoms with Gasteiger partial charge in [0, 0.05) is 12.7 Å². The lowest BCUT2D eigenvalue weighted by molar-refractivity contribution is 0.578. The first-order chi connectivity index (χ1) is 7.36. The molecule has 1 heterocycles. The van der Waals surface area contributed by atoms with Crippen molar-refractivity contribution in [2.45, 2.75) is 66.3 Å². The van der Waals surface area contributed by atoms with Gasteiger partial charge in [0.25, 0.3) is 0 Å². The fourth-order valence-corrected chi connectivity index (χ4v) is 1.35. The fraction of sp³-hybridized carbons (Fsp3) is 0.833. The van der Waals surface area contributed by atoms with E-state index in [-0.39, 0.29) is 0 Å². The maximum Gasteiger partial charge on any atom is 0.0827 e. The molecular weight excluding hydrogens is 186 g/mol. The lowest BCUT2D eigenvalue weighted by atomic mass is 10.2. The van der Waals surface area contributed by atoms with E-state index in [1.54, 1.807) is 0 Å². The van der Waals surface area contributed by atoms with Crippen molar-refractivity contribution in [3.8, 4) is 0 Å². The van der Waals surface area contributed by atoms with E-state index in [1.807, 2.05) is 18.5 Å². The van der Waals surface area contributed by atoms with Crippen molar-refractivity contribution in [1.29, 1.82) is 0 Å². The molecule has 1 rings (SSSR count). The lowest BCUT2D eigenvalue weighted by Crippen LogP contribution is -1.96. The molecule has 1 aromatic heterocycles. The molecule has 0 unspecified atom stereocenters. The average Bonchev–Trinajstić information content (AvgIpc) is 2.70. The molecule has 0 aliphatic rings. The highest BCUT2D eigenvalue weighted by Crippen LogP contribution is 2.02. The molecule has 0 atom stereocenters. The molecule has 0 saturated heterocycles. The second-order valence-electron chi connectivity index (χ2n) is 3.43. The first kappa shape index (κ1) is 14.1. The van der Waals surface area contributed by atoms with Crippen LogP contribution in [0.3, 0.4) is 0 Å². The molecule has 0 amide bonds. The normalized spacial score (nSPS) is 9.60. The van der Waals surface area contributed by atoms with Gasteiger partial charge < -0.3 is 0 Å². The molecule has 0 aromatic carbocycles. The van der Waals surface area contributed by atoms with Gasteiger partial charge in [0.2, 0.25) is 0 Å². The molecule has 0 aliphatic heterocycles. The van der Waals surface area contributed by atoms with E-state index in [4.69, 9.17) is 0 Å². The average molecular weight is 211 g/mol. The number of hydrogen-bond donors (Lipinski definition) is 0. The van der Waals surface area contributed by atoms with Gasteiger partial charge in [-0.1, -0.05) is 45.7 Å². The van der Waals surface area contributed by atoms with Crippen LogP contribution in [0.4, 0.5) is 0 Å². The van der Waals surface area contributed by atoms with Crippen LogP contribution < -0.4 is 0 Å². The Morgan fingerprint density at radius 1 is 1.13 bits per heavy atom. The summed E-state index contributed by atoms with van der Waals surface area (Å²) in [5, 5.41) is 8.17. The summed E-state index contributed by atoms with van der Waals surface area (Å²) in [4.78, 5) is 0. The highest BCUT2D eigenvalue weighted by Gasteiger charge is 1.98. The maximum absolute atomic E-state index is 4.12. The second kappa shape index (κ2) is 9.69. The zero-order valence-corrected chi connectivity index (χ0v) is 10.7. The maximum atomic E-state index is 4.12. The van der Waals surface area contributed by atoms with Gasteiger partial charge in [-0.25, -0.2) is 0 Å². The minimum Gasteiger partial charge on any atom is -0.252 e. The molecule has 88 valence electrons. The van der Waals surface area contributed by atoms with E-state index in [1.165, 1.54) is 19.3 Å². The summed E-state index contributed by atoms with van der Waals surface area (Å²) in [6.07, 6.45) is 8.07. The zero-order valence-electron chi connectivity index (χ0n) is 10.7. The molecule has 0 saturated carbocycles. The third-order valence-electron chi connectivity index (χ3n) is 2.08. The molecule has 0 bridgehead atoms. The number of unbranched alkanes of at least 4 members (excludes halogenated alkanes) is 2. The Kier molecular flexibility index (Phi) is 9.13. The Balaban J connectivity index is 0.000000921. The highest BCUT2D eigenvalue weighted by atomic mass is 15.4. The SMILES string of the molecule is CC.CCCCCc1cn(CCC)nn1. The quantitative estimate of drug-likeness (QED) is 0.675. The molecule has 0 aliphatic carbocycles. The van der Waals surface area contributed by atoms with Gasteiger partial charge in [-0.05, 0) is 19.3 Å². The van der Waals surface area contributed by atoms with Gasteiger partial charge in [-0.2, -0.15) is 0 Å². The Labute approximate surface area is 93.9 Å². The van der Waals surface area contributed by atoms with E-state index in [0.29, 0.717) is 0 Å². The van der Waals surface area contributed by atoms with Crippen LogP contribution in [0.2, 0.25) is 0 Å². The molecular formula is C12H25N3. The van der Waals surface area contributed by atoms with Crippen LogP contribution in [0.5, 0.6) is 0 Å². The molecule has 15 heavy (non-hydrogen) atoms. The van der Waals surface area contributed by atoms with Crippen LogP contribution in [0, 0.1) is 0 Å². The predicted octanol–water partition coefficient (Wildman–Crippen LogP) is 3.45. The molecule has 3 heteroatoms. The van der Waals surface area contributed by atoms with Crippen molar-refractivity contribution in [3.05, 3.63) is 11.9 Å². The van der Waals surface area contributed by atoms with Gasteiger partial charge in [0.1, 0.15) is 0 Å². The topological polar surface area (TPSA) is 30.7 Å². The van der Waals surface area contributed by atoms with Crippen LogP contribution >= 0.6 is 0 Å². The summed E-state index contributed by atoms with van der Waals surface area (Å²) >= 11 is 0. The van der Waals surface area contributed by atoms with E-state index in [0.717, 1.165) is 25.1 Å². The fourth-order valence-electron chi connectivity index (χ4n) is 1.35. The van der Waals surface area contributed by atoms with Crippen LogP contribution in [-0.2, 0) is 13.0 Å². The number of nitrogens with zero attached hydrogens (tertiary/aromatic N) is 3. The van der Waals surface area contributed by atoms with Crippen LogP contribution in [-0.4, -0.2) is 15.0 Å². The number of aryl methyl sites for hydroxylation is 2. The number of aromatic nitrogens is 3. The Hall–Kier alpha value is -0.860. The molecule has 0 fully saturated rings. The lowest BCUT2D eigenvalue weighted by Gasteiger charge is -1.94. The van der Waals surface area contributed by atoms with Crippen LogP contribution in [0.15, 0.2) is 6.20 Å². The highest BCUT2D eigenvalue weighted by molar-refractivity contribution is 4.91. The smallest absolute Gasteiger partial charge is 0.0827 e. The summed E-state index contributed by atoms with van der Waals surface area (Å²) in [5.41, 5.74) is 1.14. The van der Waals surface area contributed by atoms with Crippen molar-refractivity contribution < 1.29 is 0 Å². The third-order valence-corrected chi connectivity index (χ3v) is 2.08. The largest absolute Gasteiger partial charge is 0.252 e. The predicted molar refractivity (Wildman–Crippen MR) is 64.9 cm³/mol. The summed E-state index contributed by atoms with van der Waals surface area (Å²) in [5.74, 6) is 0. The van der Waals surface area contributed by atoms with E-state index in [9.17, 15) is 0 Å². The molecule has 0 N–H and O–H groups in total. The minimum atomic E-state index is 0.987. The van der Waals surface area contributed by atoms with E-state index < -0.39 is 0 Å². The Morgan fingerprint density at radius 2 is 1.87 bits per heavy atom. The first-order valence-electron chi connectivity index (χ1n) is 6.25. The van der Waals surface area contributed by atoms with Crippen LogP contribution in [0.25, 0.3) is 0 Å². The van der Waals surface area contributed by atoms with Crippen molar-refractivity contribution in [2.75, 3.05) is 0 Å². The monoisotopic (exact) mass is 211 g/mol. The van der Waals surface area contributed by atoms with E-state index in [2.05, 4.69) is 30.4 Å². The van der Waals surface area contributed by atoms with Gasteiger partial charge in [0.05, 0.1) is 5.69 Å². The third kappa shape index (κ3) is 6.26. The van der Waals surface area contributed by atoms with Gasteiger partial charge in [-0.15, -0.1) is 5.10 Å².